The van der Waals surface area contributed by atoms with E-state index in [4.69, 9.17) is 5.11 Å². The van der Waals surface area contributed by atoms with Crippen molar-refractivity contribution >= 4 is 11.6 Å². The highest BCUT2D eigenvalue weighted by molar-refractivity contribution is 5.87. The summed E-state index contributed by atoms with van der Waals surface area (Å²) in [5.41, 5.74) is 0.296. The molecule has 0 unspecified atom stereocenters. The van der Waals surface area contributed by atoms with E-state index >= 15 is 0 Å². The maximum absolute atomic E-state index is 12.6. The minimum atomic E-state index is -1.21. The number of alkyl halides is 1. The van der Waals surface area contributed by atoms with Crippen molar-refractivity contribution in [2.75, 3.05) is 0 Å². The molecule has 0 saturated heterocycles. The summed E-state index contributed by atoms with van der Waals surface area (Å²) in [6.45, 7) is -0.840. The normalized spacial score (nSPS) is 10.6. The monoisotopic (exact) mass is 194 g/mol. The van der Waals surface area contributed by atoms with Crippen LogP contribution in [0, 0.1) is 0 Å². The topological polar surface area (TPSA) is 54.6 Å². The number of fused-ring (bicyclic) bond motifs is 1. The van der Waals surface area contributed by atoms with Crippen LogP contribution in [0.25, 0.3) is 5.65 Å². The van der Waals surface area contributed by atoms with Gasteiger partial charge in [0.15, 0.2) is 5.69 Å². The van der Waals surface area contributed by atoms with Crippen LogP contribution in [0.15, 0.2) is 24.4 Å². The molecular formula is C9H7FN2O2. The van der Waals surface area contributed by atoms with Crippen molar-refractivity contribution in [3.8, 4) is 0 Å². The Hall–Kier alpha value is -1.91. The molecule has 0 bridgehead atoms. The number of halogens is 1. The summed E-state index contributed by atoms with van der Waals surface area (Å²) < 4.78 is 14.0. The van der Waals surface area contributed by atoms with Crippen LogP contribution in [0.4, 0.5) is 4.39 Å². The van der Waals surface area contributed by atoms with Gasteiger partial charge in [-0.25, -0.2) is 14.2 Å². The van der Waals surface area contributed by atoms with Gasteiger partial charge >= 0.3 is 5.97 Å². The van der Waals surface area contributed by atoms with Crippen LogP contribution in [0.5, 0.6) is 0 Å². The summed E-state index contributed by atoms with van der Waals surface area (Å²) >= 11 is 0. The second kappa shape index (κ2) is 3.10. The first-order valence-electron chi connectivity index (χ1n) is 3.99. The van der Waals surface area contributed by atoms with Crippen LogP contribution in [0.3, 0.4) is 0 Å². The molecule has 72 valence electrons. The standard InChI is InChI=1S/C9H7FN2O2/c10-5-6-8(9(13)14)11-7-3-1-2-4-12(6)7/h1-4H,5H2,(H,13,14). The number of carbonyl (C=O) groups is 1. The van der Waals surface area contributed by atoms with E-state index in [-0.39, 0.29) is 11.4 Å². The average molecular weight is 194 g/mol. The summed E-state index contributed by atoms with van der Waals surface area (Å²) in [6, 6.07) is 5.04. The number of aromatic carboxylic acids is 1. The second-order valence-electron chi connectivity index (χ2n) is 2.77. The molecule has 0 atom stereocenters. The van der Waals surface area contributed by atoms with Gasteiger partial charge < -0.3 is 9.51 Å². The zero-order valence-corrected chi connectivity index (χ0v) is 7.14. The van der Waals surface area contributed by atoms with Crippen LogP contribution in [-0.4, -0.2) is 20.5 Å². The number of aromatic nitrogens is 2. The molecule has 2 rings (SSSR count). The summed E-state index contributed by atoms with van der Waals surface area (Å²) in [4.78, 5) is 14.5. The first-order valence-corrected chi connectivity index (χ1v) is 3.99. The van der Waals surface area contributed by atoms with E-state index in [2.05, 4.69) is 4.98 Å². The third kappa shape index (κ3) is 1.14. The Morgan fingerprint density at radius 1 is 1.57 bits per heavy atom. The Labute approximate surface area is 78.6 Å². The zero-order chi connectivity index (χ0) is 10.1. The Bertz CT molecular complexity index is 493. The third-order valence-electron chi connectivity index (χ3n) is 1.96. The summed E-state index contributed by atoms with van der Waals surface area (Å²) in [6.07, 6.45) is 1.59. The van der Waals surface area contributed by atoms with Gasteiger partial charge in [-0.1, -0.05) is 6.07 Å². The quantitative estimate of drug-likeness (QED) is 0.788. The first-order chi connectivity index (χ1) is 6.74. The Morgan fingerprint density at radius 2 is 2.36 bits per heavy atom. The fourth-order valence-electron chi connectivity index (χ4n) is 1.35. The van der Waals surface area contributed by atoms with Crippen molar-refractivity contribution in [2.24, 2.45) is 0 Å². The number of imidazole rings is 1. The molecule has 0 spiro atoms. The van der Waals surface area contributed by atoms with Gasteiger partial charge in [-0.05, 0) is 12.1 Å². The highest BCUT2D eigenvalue weighted by atomic mass is 19.1. The first kappa shape index (κ1) is 8.68. The molecule has 0 aromatic carbocycles. The lowest BCUT2D eigenvalue weighted by Crippen LogP contribution is -2.01. The van der Waals surface area contributed by atoms with Gasteiger partial charge in [-0.3, -0.25) is 0 Å². The highest BCUT2D eigenvalue weighted by Gasteiger charge is 2.16. The van der Waals surface area contributed by atoms with Gasteiger partial charge in [0, 0.05) is 6.20 Å². The van der Waals surface area contributed by atoms with Crippen LogP contribution in [0.2, 0.25) is 0 Å². The molecule has 0 fully saturated rings. The molecule has 1 N–H and O–H groups in total. The smallest absolute Gasteiger partial charge is 0.356 e. The van der Waals surface area contributed by atoms with Crippen molar-refractivity contribution in [1.82, 2.24) is 9.38 Å². The molecule has 14 heavy (non-hydrogen) atoms. The molecule has 4 nitrogen and oxygen atoms in total. The number of hydrogen-bond acceptors (Lipinski definition) is 2. The predicted octanol–water partition coefficient (Wildman–Crippen LogP) is 1.50. The molecule has 0 aliphatic heterocycles. The molecular weight excluding hydrogens is 187 g/mol. The fourth-order valence-corrected chi connectivity index (χ4v) is 1.35. The number of hydrogen-bond donors (Lipinski definition) is 1. The average Bonchev–Trinajstić information content (AvgIpc) is 2.56. The Balaban J connectivity index is 2.78. The molecule has 2 aromatic heterocycles. The van der Waals surface area contributed by atoms with E-state index in [1.807, 2.05) is 0 Å². The number of carboxylic acid groups (broad SMARTS) is 1. The van der Waals surface area contributed by atoms with Crippen LogP contribution < -0.4 is 0 Å². The minimum Gasteiger partial charge on any atom is -0.476 e. The van der Waals surface area contributed by atoms with Crippen molar-refractivity contribution < 1.29 is 14.3 Å². The number of nitrogens with zero attached hydrogens (tertiary/aromatic N) is 2. The van der Waals surface area contributed by atoms with E-state index in [9.17, 15) is 9.18 Å². The van der Waals surface area contributed by atoms with E-state index in [1.54, 1.807) is 24.4 Å². The maximum Gasteiger partial charge on any atom is 0.356 e. The Kier molecular flexibility index (Phi) is 1.92. The lowest BCUT2D eigenvalue weighted by molar-refractivity contribution is 0.0689. The van der Waals surface area contributed by atoms with Gasteiger partial charge in [-0.2, -0.15) is 0 Å². The highest BCUT2D eigenvalue weighted by Crippen LogP contribution is 2.13. The molecule has 0 aliphatic carbocycles. The van der Waals surface area contributed by atoms with E-state index in [0.29, 0.717) is 5.65 Å². The van der Waals surface area contributed by atoms with E-state index < -0.39 is 12.6 Å². The summed E-state index contributed by atoms with van der Waals surface area (Å²) in [5.74, 6) is -1.21. The zero-order valence-electron chi connectivity index (χ0n) is 7.14. The molecule has 2 heterocycles. The lowest BCUT2D eigenvalue weighted by Gasteiger charge is -1.95. The summed E-state index contributed by atoms with van der Waals surface area (Å²) in [7, 11) is 0. The van der Waals surface area contributed by atoms with Crippen LogP contribution in [-0.2, 0) is 6.67 Å². The summed E-state index contributed by atoms with van der Waals surface area (Å²) in [5, 5.41) is 8.76. The molecule has 0 amide bonds. The molecule has 5 heteroatoms. The molecule has 0 radical (unpaired) electrons. The van der Waals surface area contributed by atoms with Crippen molar-refractivity contribution in [3.63, 3.8) is 0 Å². The fraction of sp³-hybridized carbons (Fsp3) is 0.111. The maximum atomic E-state index is 12.6. The lowest BCUT2D eigenvalue weighted by atomic mass is 10.3. The Morgan fingerprint density at radius 3 is 3.00 bits per heavy atom. The number of pyridine rings is 1. The minimum absolute atomic E-state index is 0.0769. The molecule has 0 saturated carbocycles. The van der Waals surface area contributed by atoms with Gasteiger partial charge in [0.1, 0.15) is 12.3 Å². The second-order valence-corrected chi connectivity index (χ2v) is 2.77. The van der Waals surface area contributed by atoms with Crippen molar-refractivity contribution in [2.45, 2.75) is 6.67 Å². The molecule has 2 aromatic rings. The largest absolute Gasteiger partial charge is 0.476 e. The SMILES string of the molecule is O=C(O)c1nc2ccccn2c1CF. The van der Waals surface area contributed by atoms with Crippen molar-refractivity contribution in [1.29, 1.82) is 0 Å². The van der Waals surface area contributed by atoms with Gasteiger partial charge in [0.25, 0.3) is 0 Å². The van der Waals surface area contributed by atoms with E-state index in [0.717, 1.165) is 0 Å². The third-order valence-corrected chi connectivity index (χ3v) is 1.96. The van der Waals surface area contributed by atoms with Gasteiger partial charge in [0.05, 0.1) is 5.69 Å². The number of carboxylic acids is 1. The predicted molar refractivity (Wildman–Crippen MR) is 47.0 cm³/mol. The van der Waals surface area contributed by atoms with E-state index in [1.165, 1.54) is 4.40 Å². The van der Waals surface area contributed by atoms with Gasteiger partial charge in [0.2, 0.25) is 0 Å². The van der Waals surface area contributed by atoms with Crippen molar-refractivity contribution in [3.05, 3.63) is 35.8 Å². The van der Waals surface area contributed by atoms with Crippen LogP contribution >= 0.6 is 0 Å². The van der Waals surface area contributed by atoms with Crippen LogP contribution in [0.1, 0.15) is 16.2 Å². The van der Waals surface area contributed by atoms with Gasteiger partial charge in [-0.15, -0.1) is 0 Å². The molecule has 0 aliphatic rings. The number of rotatable bonds is 2.